The van der Waals surface area contributed by atoms with Crippen molar-refractivity contribution in [1.82, 2.24) is 0 Å². The monoisotopic (exact) mass is 1120 g/mol. The molecule has 0 aliphatic carbocycles. The van der Waals surface area contributed by atoms with Crippen molar-refractivity contribution in [3.63, 3.8) is 0 Å². The van der Waals surface area contributed by atoms with Crippen molar-refractivity contribution >= 4 is 17.9 Å². The predicted molar refractivity (Wildman–Crippen MR) is 352 cm³/mol. The summed E-state index contributed by atoms with van der Waals surface area (Å²) in [7, 11) is 0. The second kappa shape index (κ2) is 67.8. The molecule has 1 atom stereocenters. The molecule has 0 heterocycles. The van der Waals surface area contributed by atoms with Crippen molar-refractivity contribution in [1.29, 1.82) is 0 Å². The molecule has 0 bridgehead atoms. The molecule has 0 spiro atoms. The first-order chi connectivity index (χ1) is 40.0. The van der Waals surface area contributed by atoms with Gasteiger partial charge in [0, 0.05) is 19.3 Å². The van der Waals surface area contributed by atoms with Crippen LogP contribution in [-0.2, 0) is 28.6 Å². The normalized spacial score (nSPS) is 13.1. The summed E-state index contributed by atoms with van der Waals surface area (Å²) in [6.07, 6.45) is 97.1. The summed E-state index contributed by atoms with van der Waals surface area (Å²) in [5.41, 5.74) is 0. The average Bonchev–Trinajstić information content (AvgIpc) is 3.47. The lowest BCUT2D eigenvalue weighted by Gasteiger charge is -2.18. The van der Waals surface area contributed by atoms with Crippen LogP contribution in [0.1, 0.15) is 290 Å². The zero-order chi connectivity index (χ0) is 58.5. The van der Waals surface area contributed by atoms with Crippen LogP contribution in [-0.4, -0.2) is 37.2 Å². The lowest BCUT2D eigenvalue weighted by molar-refractivity contribution is -0.167. The van der Waals surface area contributed by atoms with Gasteiger partial charge in [-0.05, 0) is 141 Å². The predicted octanol–water partition coefficient (Wildman–Crippen LogP) is 23.1. The summed E-state index contributed by atoms with van der Waals surface area (Å²) in [4.78, 5) is 38.4. The number of carbonyl (C=O) groups is 3. The van der Waals surface area contributed by atoms with Gasteiger partial charge in [-0.15, -0.1) is 0 Å². The van der Waals surface area contributed by atoms with Crippen LogP contribution in [0.4, 0.5) is 0 Å². The van der Waals surface area contributed by atoms with Gasteiger partial charge in [-0.2, -0.15) is 0 Å². The Morgan fingerprint density at radius 3 is 0.765 bits per heavy atom. The number of hydrogen-bond acceptors (Lipinski definition) is 6. The Bertz CT molecular complexity index is 1760. The molecule has 0 aliphatic heterocycles. The van der Waals surface area contributed by atoms with E-state index in [0.29, 0.717) is 12.8 Å². The van der Waals surface area contributed by atoms with Gasteiger partial charge in [0.1, 0.15) is 13.2 Å². The van der Waals surface area contributed by atoms with E-state index < -0.39 is 6.10 Å². The third-order valence-electron chi connectivity index (χ3n) is 13.8. The molecule has 0 rings (SSSR count). The smallest absolute Gasteiger partial charge is 0.306 e. The van der Waals surface area contributed by atoms with Crippen LogP contribution in [0.25, 0.3) is 0 Å². The molecular formula is C75H122O6. The van der Waals surface area contributed by atoms with Crippen LogP contribution >= 0.6 is 0 Å². The SMILES string of the molecule is CC/C=C\C/C=C\C/C=C\C/C=C\C/C=C\CCCCCCCCCCCCCCCC(=O)OCC(COC(=O)CCCCCCC/C=C\C/C=C\CCCCC)OC(=O)CCCCC/C=C\C/C=C\C/C=C\C/C=C\C/C=C\CC. The maximum Gasteiger partial charge on any atom is 0.306 e. The van der Waals surface area contributed by atoms with E-state index in [9.17, 15) is 14.4 Å². The van der Waals surface area contributed by atoms with Crippen molar-refractivity contribution < 1.29 is 28.6 Å². The van der Waals surface area contributed by atoms with Crippen LogP contribution in [0.5, 0.6) is 0 Å². The van der Waals surface area contributed by atoms with Gasteiger partial charge in [0.05, 0.1) is 0 Å². The Kier molecular flexibility index (Phi) is 63.9. The summed E-state index contributed by atoms with van der Waals surface area (Å²) >= 11 is 0. The first-order valence-electron chi connectivity index (χ1n) is 33.3. The molecule has 0 aliphatic rings. The Morgan fingerprint density at radius 2 is 0.481 bits per heavy atom. The van der Waals surface area contributed by atoms with Crippen molar-refractivity contribution in [3.8, 4) is 0 Å². The summed E-state index contributed by atoms with van der Waals surface area (Å²) in [5, 5.41) is 0. The number of rotatable bonds is 59. The van der Waals surface area contributed by atoms with E-state index in [-0.39, 0.29) is 37.5 Å². The first-order valence-corrected chi connectivity index (χ1v) is 33.3. The van der Waals surface area contributed by atoms with Crippen molar-refractivity contribution in [2.24, 2.45) is 0 Å². The highest BCUT2D eigenvalue weighted by Crippen LogP contribution is 2.15. The molecule has 0 radical (unpaired) electrons. The van der Waals surface area contributed by atoms with Crippen molar-refractivity contribution in [2.75, 3.05) is 13.2 Å². The van der Waals surface area contributed by atoms with Gasteiger partial charge in [0.15, 0.2) is 6.10 Å². The molecule has 0 fully saturated rings. The standard InChI is InChI=1S/C75H122O6/c1-4-7-10-13-16-19-22-25-28-30-32-33-34-35-36-37-38-39-40-41-43-44-47-50-53-56-59-62-65-68-74(77)80-71-72(70-79-73(76)67-64-61-58-55-52-49-46-27-24-21-18-15-12-9-6-3)81-75(78)69-66-63-60-57-54-51-48-45-42-31-29-26-23-20-17-14-11-8-5-2/h7-8,10-11,16-21,25-29,32-33,35-36,42,45-46,51,54,72H,4-6,9,12-15,22-24,30-31,34,37-41,43-44,47-50,52-53,55-71H2,1-3H3/b10-7-,11-8-,19-16-,20-17-,21-18-,28-25-,29-26-,33-32-,36-35-,45-42-,46-27-,54-51-. The molecule has 81 heavy (non-hydrogen) atoms. The Morgan fingerprint density at radius 1 is 0.259 bits per heavy atom. The number of ether oxygens (including phenoxy) is 3. The molecule has 458 valence electrons. The molecule has 0 N–H and O–H groups in total. The lowest BCUT2D eigenvalue weighted by atomic mass is 10.0. The first kappa shape index (κ1) is 76.3. The van der Waals surface area contributed by atoms with E-state index in [1.807, 2.05) is 0 Å². The number of hydrogen-bond donors (Lipinski definition) is 0. The number of esters is 3. The van der Waals surface area contributed by atoms with Crippen molar-refractivity contribution in [2.45, 2.75) is 297 Å². The summed E-state index contributed by atoms with van der Waals surface area (Å²) in [5.74, 6) is -0.946. The highest BCUT2D eigenvalue weighted by Gasteiger charge is 2.19. The summed E-state index contributed by atoms with van der Waals surface area (Å²) in [6, 6.07) is 0. The molecule has 0 amide bonds. The maximum atomic E-state index is 12.9. The van der Waals surface area contributed by atoms with Gasteiger partial charge in [0.25, 0.3) is 0 Å². The van der Waals surface area contributed by atoms with Gasteiger partial charge < -0.3 is 14.2 Å². The molecule has 6 heteroatoms. The number of carbonyl (C=O) groups excluding carboxylic acids is 3. The van der Waals surface area contributed by atoms with Crippen LogP contribution in [0.2, 0.25) is 0 Å². The van der Waals surface area contributed by atoms with E-state index in [0.717, 1.165) is 154 Å². The van der Waals surface area contributed by atoms with Gasteiger partial charge in [-0.1, -0.05) is 276 Å². The Balaban J connectivity index is 4.37. The van der Waals surface area contributed by atoms with Crippen LogP contribution in [0.15, 0.2) is 146 Å². The lowest BCUT2D eigenvalue weighted by Crippen LogP contribution is -2.30. The van der Waals surface area contributed by atoms with E-state index in [4.69, 9.17) is 14.2 Å². The number of unbranched alkanes of at least 4 members (excludes halogenated alkanes) is 24. The molecule has 0 aromatic heterocycles. The number of allylic oxidation sites excluding steroid dienone is 24. The minimum atomic E-state index is -0.809. The maximum absolute atomic E-state index is 12.9. The average molecular weight is 1120 g/mol. The molecule has 0 aromatic rings. The molecule has 1 unspecified atom stereocenters. The second-order valence-corrected chi connectivity index (χ2v) is 21.6. The van der Waals surface area contributed by atoms with E-state index in [1.165, 1.54) is 96.3 Å². The fraction of sp³-hybridized carbons (Fsp3) is 0.640. The van der Waals surface area contributed by atoms with Gasteiger partial charge in [-0.3, -0.25) is 14.4 Å². The van der Waals surface area contributed by atoms with Gasteiger partial charge in [0.2, 0.25) is 0 Å². The van der Waals surface area contributed by atoms with E-state index in [2.05, 4.69) is 167 Å². The van der Waals surface area contributed by atoms with Gasteiger partial charge >= 0.3 is 17.9 Å². The highest BCUT2D eigenvalue weighted by molar-refractivity contribution is 5.71. The second-order valence-electron chi connectivity index (χ2n) is 21.6. The minimum Gasteiger partial charge on any atom is -0.462 e. The topological polar surface area (TPSA) is 78.9 Å². The molecule has 6 nitrogen and oxygen atoms in total. The summed E-state index contributed by atoms with van der Waals surface area (Å²) < 4.78 is 16.9. The van der Waals surface area contributed by atoms with E-state index in [1.54, 1.807) is 0 Å². The molecule has 0 aromatic carbocycles. The van der Waals surface area contributed by atoms with Crippen molar-refractivity contribution in [3.05, 3.63) is 146 Å². The molecular weight excluding hydrogens is 997 g/mol. The van der Waals surface area contributed by atoms with E-state index >= 15 is 0 Å². The highest BCUT2D eigenvalue weighted by atomic mass is 16.6. The van der Waals surface area contributed by atoms with Crippen LogP contribution < -0.4 is 0 Å². The third kappa shape index (κ3) is 66.0. The Labute approximate surface area is 499 Å². The fourth-order valence-electron chi connectivity index (χ4n) is 8.88. The third-order valence-corrected chi connectivity index (χ3v) is 13.8. The van der Waals surface area contributed by atoms with Gasteiger partial charge in [-0.25, -0.2) is 0 Å². The molecule has 0 saturated carbocycles. The largest absolute Gasteiger partial charge is 0.462 e. The summed E-state index contributed by atoms with van der Waals surface area (Å²) in [6.45, 7) is 6.36. The van der Waals surface area contributed by atoms with Crippen LogP contribution in [0, 0.1) is 0 Å². The van der Waals surface area contributed by atoms with Crippen LogP contribution in [0.3, 0.4) is 0 Å². The molecule has 0 saturated heterocycles. The quantitative estimate of drug-likeness (QED) is 0.0261. The minimum absolute atomic E-state index is 0.100. The fourth-order valence-corrected chi connectivity index (χ4v) is 8.88. The zero-order valence-electron chi connectivity index (χ0n) is 52.5. The Hall–Kier alpha value is -4.71. The zero-order valence-corrected chi connectivity index (χ0v) is 52.5.